The summed E-state index contributed by atoms with van der Waals surface area (Å²) in [6.45, 7) is 5.97. The van der Waals surface area contributed by atoms with Crippen LogP contribution in [0.15, 0.2) is 42.7 Å². The first-order valence-corrected chi connectivity index (χ1v) is 8.19. The zero-order valence-electron chi connectivity index (χ0n) is 13.8. The number of aromatic nitrogens is 4. The van der Waals surface area contributed by atoms with Gasteiger partial charge in [-0.05, 0) is 22.9 Å². The lowest BCUT2D eigenvalue weighted by atomic mass is 10.2. The minimum atomic E-state index is -0.357. The van der Waals surface area contributed by atoms with Gasteiger partial charge >= 0.3 is 0 Å². The minimum Gasteiger partial charge on any atom is -0.338 e. The molecule has 0 radical (unpaired) electrons. The van der Waals surface area contributed by atoms with Gasteiger partial charge in [-0.15, -0.1) is 5.10 Å². The summed E-state index contributed by atoms with van der Waals surface area (Å²) in [6.07, 6.45) is 5.79. The van der Waals surface area contributed by atoms with Crippen molar-refractivity contribution < 1.29 is 4.79 Å². The molecule has 0 N–H and O–H groups in total. The predicted octanol–water partition coefficient (Wildman–Crippen LogP) is 1.09. The Hall–Kier alpha value is -2.54. The van der Waals surface area contributed by atoms with Gasteiger partial charge in [0, 0.05) is 32.7 Å². The lowest BCUT2D eigenvalue weighted by molar-refractivity contribution is -0.136. The van der Waals surface area contributed by atoms with E-state index in [-0.39, 0.29) is 11.9 Å². The van der Waals surface area contributed by atoms with Crippen LogP contribution in [0.2, 0.25) is 0 Å². The van der Waals surface area contributed by atoms with Crippen LogP contribution in [0.1, 0.15) is 18.5 Å². The Morgan fingerprint density at radius 2 is 1.96 bits per heavy atom. The van der Waals surface area contributed by atoms with E-state index in [4.69, 9.17) is 0 Å². The monoisotopic (exact) mass is 326 g/mol. The van der Waals surface area contributed by atoms with E-state index in [9.17, 15) is 4.79 Å². The summed E-state index contributed by atoms with van der Waals surface area (Å²) in [6, 6.07) is 9.92. The second-order valence-corrected chi connectivity index (χ2v) is 5.90. The summed E-state index contributed by atoms with van der Waals surface area (Å²) in [7, 11) is 0. The van der Waals surface area contributed by atoms with E-state index in [0.29, 0.717) is 0 Å². The third-order valence-electron chi connectivity index (χ3n) is 4.28. The van der Waals surface area contributed by atoms with Crippen molar-refractivity contribution in [1.82, 2.24) is 30.0 Å². The fourth-order valence-electron chi connectivity index (χ4n) is 2.78. The molecule has 1 amide bonds. The largest absolute Gasteiger partial charge is 0.338 e. The number of rotatable bonds is 5. The van der Waals surface area contributed by atoms with Crippen LogP contribution in [0.25, 0.3) is 6.08 Å². The average Bonchev–Trinajstić information content (AvgIpc) is 3.17. The SMILES string of the molecule is CC(C(=O)N1CCN(C/C=C/c2ccccc2)CC1)n1cnnn1. The van der Waals surface area contributed by atoms with E-state index < -0.39 is 0 Å². The van der Waals surface area contributed by atoms with Crippen LogP contribution in [-0.2, 0) is 4.79 Å². The van der Waals surface area contributed by atoms with Crippen molar-refractivity contribution in [2.75, 3.05) is 32.7 Å². The molecule has 1 fully saturated rings. The van der Waals surface area contributed by atoms with Crippen LogP contribution >= 0.6 is 0 Å². The zero-order chi connectivity index (χ0) is 16.8. The van der Waals surface area contributed by atoms with Crippen molar-refractivity contribution >= 4 is 12.0 Å². The smallest absolute Gasteiger partial charge is 0.247 e. The lowest BCUT2D eigenvalue weighted by Crippen LogP contribution is -2.50. The molecule has 2 aromatic rings. The van der Waals surface area contributed by atoms with Gasteiger partial charge in [0.05, 0.1) is 0 Å². The van der Waals surface area contributed by atoms with Gasteiger partial charge in [0.15, 0.2) is 0 Å². The van der Waals surface area contributed by atoms with Gasteiger partial charge in [0.25, 0.3) is 0 Å². The fraction of sp³-hybridized carbons (Fsp3) is 0.412. The number of piperazine rings is 1. The summed E-state index contributed by atoms with van der Waals surface area (Å²) in [5.41, 5.74) is 1.21. The molecule has 0 spiro atoms. The standard InChI is InChI=1S/C17H22N6O/c1-15(23-14-18-19-20-23)17(24)22-12-10-21(11-13-22)9-5-8-16-6-3-2-4-7-16/h2-8,14-15H,9-13H2,1H3/b8-5+. The molecule has 1 aromatic heterocycles. The Bertz CT molecular complexity index is 662. The molecular formula is C17H22N6O. The van der Waals surface area contributed by atoms with Gasteiger partial charge in [0.2, 0.25) is 5.91 Å². The normalized spacial score (nSPS) is 17.3. The molecule has 1 aliphatic rings. The number of hydrogen-bond donors (Lipinski definition) is 0. The number of hydrogen-bond acceptors (Lipinski definition) is 5. The van der Waals surface area contributed by atoms with Gasteiger partial charge in [-0.25, -0.2) is 4.68 Å². The number of amides is 1. The van der Waals surface area contributed by atoms with Gasteiger partial charge < -0.3 is 4.90 Å². The number of benzene rings is 1. The first-order valence-electron chi connectivity index (χ1n) is 8.19. The van der Waals surface area contributed by atoms with Crippen molar-refractivity contribution in [2.24, 2.45) is 0 Å². The highest BCUT2D eigenvalue weighted by Gasteiger charge is 2.25. The third-order valence-corrected chi connectivity index (χ3v) is 4.28. The van der Waals surface area contributed by atoms with Crippen molar-refractivity contribution in [3.8, 4) is 0 Å². The molecule has 24 heavy (non-hydrogen) atoms. The second kappa shape index (κ2) is 7.83. The van der Waals surface area contributed by atoms with Crippen LogP contribution in [0, 0.1) is 0 Å². The summed E-state index contributed by atoms with van der Waals surface area (Å²) in [5.74, 6) is 0.0711. The van der Waals surface area contributed by atoms with Gasteiger partial charge in [-0.1, -0.05) is 42.5 Å². The molecular weight excluding hydrogens is 304 g/mol. The van der Waals surface area contributed by atoms with Gasteiger partial charge in [-0.3, -0.25) is 9.69 Å². The quantitative estimate of drug-likeness (QED) is 0.823. The Morgan fingerprint density at radius 3 is 2.62 bits per heavy atom. The molecule has 126 valence electrons. The van der Waals surface area contributed by atoms with Crippen molar-refractivity contribution in [3.05, 3.63) is 48.3 Å². The molecule has 3 rings (SSSR count). The zero-order valence-corrected chi connectivity index (χ0v) is 13.8. The summed E-state index contributed by atoms with van der Waals surface area (Å²) in [4.78, 5) is 16.7. The average molecular weight is 326 g/mol. The maximum atomic E-state index is 12.5. The van der Waals surface area contributed by atoms with E-state index in [2.05, 4.69) is 44.7 Å². The Kier molecular flexibility index (Phi) is 5.32. The van der Waals surface area contributed by atoms with E-state index in [0.717, 1.165) is 32.7 Å². The van der Waals surface area contributed by atoms with Crippen molar-refractivity contribution in [2.45, 2.75) is 13.0 Å². The lowest BCUT2D eigenvalue weighted by Gasteiger charge is -2.35. The number of tetrazole rings is 1. The minimum absolute atomic E-state index is 0.0711. The third kappa shape index (κ3) is 4.05. The molecule has 0 saturated carbocycles. The summed E-state index contributed by atoms with van der Waals surface area (Å²) in [5, 5.41) is 11.0. The van der Waals surface area contributed by atoms with Crippen molar-refractivity contribution in [3.63, 3.8) is 0 Å². The van der Waals surface area contributed by atoms with Crippen LogP contribution in [-0.4, -0.2) is 68.6 Å². The molecule has 2 heterocycles. The molecule has 0 aliphatic carbocycles. The van der Waals surface area contributed by atoms with Crippen LogP contribution < -0.4 is 0 Å². The van der Waals surface area contributed by atoms with E-state index in [1.54, 1.807) is 0 Å². The molecule has 1 saturated heterocycles. The highest BCUT2D eigenvalue weighted by atomic mass is 16.2. The molecule has 0 bridgehead atoms. The number of carbonyl (C=O) groups is 1. The van der Waals surface area contributed by atoms with Gasteiger partial charge in [0.1, 0.15) is 12.4 Å². The first-order chi connectivity index (χ1) is 11.7. The fourth-order valence-corrected chi connectivity index (χ4v) is 2.78. The highest BCUT2D eigenvalue weighted by molar-refractivity contribution is 5.80. The summed E-state index contributed by atoms with van der Waals surface area (Å²) >= 11 is 0. The van der Waals surface area contributed by atoms with Crippen LogP contribution in [0.5, 0.6) is 0 Å². The Morgan fingerprint density at radius 1 is 1.21 bits per heavy atom. The molecule has 1 unspecified atom stereocenters. The maximum absolute atomic E-state index is 12.5. The Balaban J connectivity index is 1.45. The van der Waals surface area contributed by atoms with Crippen molar-refractivity contribution in [1.29, 1.82) is 0 Å². The van der Waals surface area contributed by atoms with E-state index in [1.807, 2.05) is 30.0 Å². The predicted molar refractivity (Wildman–Crippen MR) is 91.0 cm³/mol. The number of carbonyl (C=O) groups excluding carboxylic acids is 1. The topological polar surface area (TPSA) is 67.2 Å². The van der Waals surface area contributed by atoms with E-state index in [1.165, 1.54) is 16.6 Å². The molecule has 7 heteroatoms. The highest BCUT2D eigenvalue weighted by Crippen LogP contribution is 2.11. The maximum Gasteiger partial charge on any atom is 0.247 e. The molecule has 7 nitrogen and oxygen atoms in total. The molecule has 1 atom stereocenters. The Labute approximate surface area is 141 Å². The van der Waals surface area contributed by atoms with E-state index >= 15 is 0 Å². The molecule has 1 aliphatic heterocycles. The summed E-state index contributed by atoms with van der Waals surface area (Å²) < 4.78 is 1.50. The molecule has 1 aromatic carbocycles. The number of nitrogens with zero attached hydrogens (tertiary/aromatic N) is 6. The van der Waals surface area contributed by atoms with Gasteiger partial charge in [-0.2, -0.15) is 0 Å². The second-order valence-electron chi connectivity index (χ2n) is 5.90. The first kappa shape index (κ1) is 16.3. The van der Waals surface area contributed by atoms with Crippen LogP contribution in [0.3, 0.4) is 0 Å². The van der Waals surface area contributed by atoms with Crippen LogP contribution in [0.4, 0.5) is 0 Å².